The van der Waals surface area contributed by atoms with Gasteiger partial charge in [-0.2, -0.15) is 0 Å². The van der Waals surface area contributed by atoms with Crippen LogP contribution in [-0.4, -0.2) is 18.9 Å². The first kappa shape index (κ1) is 13.3. The lowest BCUT2D eigenvalue weighted by atomic mass is 9.76. The van der Waals surface area contributed by atoms with E-state index in [0.29, 0.717) is 12.2 Å². The smallest absolute Gasteiger partial charge is 0.144 e. The number of Topliss-reactive ketones (excluding diaryl/α,β-unsaturated/α-hetero) is 1. The summed E-state index contributed by atoms with van der Waals surface area (Å²) in [7, 11) is 0. The Morgan fingerprint density at radius 1 is 1.39 bits per heavy atom. The standard InChI is InChI=1S/C16H23NO/c1-12-5-6-13(2)14(9-12)10-15(18)16(3)7-4-8-17-11-16/h5-6,9,17H,4,7-8,10-11H2,1-3H3. The molecule has 1 heterocycles. The fraction of sp³-hybridized carbons (Fsp3) is 0.562. The van der Waals surface area contributed by atoms with E-state index in [-0.39, 0.29) is 5.41 Å². The predicted octanol–water partition coefficient (Wildman–Crippen LogP) is 2.80. The van der Waals surface area contributed by atoms with Crippen molar-refractivity contribution in [3.05, 3.63) is 34.9 Å². The van der Waals surface area contributed by atoms with Crippen LogP contribution in [-0.2, 0) is 11.2 Å². The van der Waals surface area contributed by atoms with Gasteiger partial charge in [-0.25, -0.2) is 0 Å². The fourth-order valence-corrected chi connectivity index (χ4v) is 2.67. The van der Waals surface area contributed by atoms with E-state index < -0.39 is 0 Å². The fourth-order valence-electron chi connectivity index (χ4n) is 2.67. The van der Waals surface area contributed by atoms with Crippen molar-refractivity contribution in [2.75, 3.05) is 13.1 Å². The minimum Gasteiger partial charge on any atom is -0.316 e. The van der Waals surface area contributed by atoms with E-state index in [1.165, 1.54) is 16.7 Å². The Morgan fingerprint density at radius 3 is 2.83 bits per heavy atom. The number of piperidine rings is 1. The third kappa shape index (κ3) is 2.81. The summed E-state index contributed by atoms with van der Waals surface area (Å²) in [6, 6.07) is 6.36. The van der Waals surface area contributed by atoms with Gasteiger partial charge in [-0.15, -0.1) is 0 Å². The Hall–Kier alpha value is -1.15. The maximum absolute atomic E-state index is 12.5. The van der Waals surface area contributed by atoms with Crippen molar-refractivity contribution in [2.24, 2.45) is 5.41 Å². The van der Waals surface area contributed by atoms with Crippen LogP contribution in [0.25, 0.3) is 0 Å². The Labute approximate surface area is 110 Å². The Morgan fingerprint density at radius 2 is 2.17 bits per heavy atom. The molecular formula is C16H23NO. The second kappa shape index (κ2) is 5.23. The van der Waals surface area contributed by atoms with Gasteiger partial charge in [-0.3, -0.25) is 4.79 Å². The average molecular weight is 245 g/mol. The second-order valence-corrected chi connectivity index (χ2v) is 5.87. The molecule has 2 heteroatoms. The van der Waals surface area contributed by atoms with Gasteiger partial charge in [0.2, 0.25) is 0 Å². The molecule has 2 nitrogen and oxygen atoms in total. The van der Waals surface area contributed by atoms with Crippen molar-refractivity contribution in [1.29, 1.82) is 0 Å². The second-order valence-electron chi connectivity index (χ2n) is 5.87. The van der Waals surface area contributed by atoms with Crippen LogP contribution in [0.15, 0.2) is 18.2 Å². The monoisotopic (exact) mass is 245 g/mol. The van der Waals surface area contributed by atoms with E-state index in [1.807, 2.05) is 0 Å². The molecule has 1 fully saturated rings. The zero-order valence-electron chi connectivity index (χ0n) is 11.7. The van der Waals surface area contributed by atoms with Crippen LogP contribution in [0.2, 0.25) is 0 Å². The quantitative estimate of drug-likeness (QED) is 0.887. The number of carbonyl (C=O) groups excluding carboxylic acids is 1. The van der Waals surface area contributed by atoms with Gasteiger partial charge in [0, 0.05) is 18.4 Å². The Kier molecular flexibility index (Phi) is 3.86. The van der Waals surface area contributed by atoms with Crippen LogP contribution in [0.4, 0.5) is 0 Å². The summed E-state index contributed by atoms with van der Waals surface area (Å²) in [5.41, 5.74) is 3.47. The maximum atomic E-state index is 12.5. The van der Waals surface area contributed by atoms with Gasteiger partial charge in [0.1, 0.15) is 5.78 Å². The average Bonchev–Trinajstić information content (AvgIpc) is 2.35. The van der Waals surface area contributed by atoms with E-state index >= 15 is 0 Å². The Balaban J connectivity index is 2.13. The first-order valence-corrected chi connectivity index (χ1v) is 6.81. The largest absolute Gasteiger partial charge is 0.316 e. The molecule has 0 aliphatic carbocycles. The number of hydrogen-bond acceptors (Lipinski definition) is 2. The number of hydrogen-bond donors (Lipinski definition) is 1. The molecule has 1 aliphatic heterocycles. The summed E-state index contributed by atoms with van der Waals surface area (Å²) in [5.74, 6) is 0.378. The molecule has 1 aliphatic rings. The summed E-state index contributed by atoms with van der Waals surface area (Å²) in [6.45, 7) is 8.15. The highest BCUT2D eigenvalue weighted by Crippen LogP contribution is 2.28. The van der Waals surface area contributed by atoms with Crippen LogP contribution in [0.3, 0.4) is 0 Å². The van der Waals surface area contributed by atoms with Crippen molar-refractivity contribution in [3.8, 4) is 0 Å². The summed E-state index contributed by atoms with van der Waals surface area (Å²) in [4.78, 5) is 12.5. The van der Waals surface area contributed by atoms with Gasteiger partial charge in [0.25, 0.3) is 0 Å². The van der Waals surface area contributed by atoms with Crippen molar-refractivity contribution in [3.63, 3.8) is 0 Å². The molecule has 2 rings (SSSR count). The minimum atomic E-state index is -0.172. The van der Waals surface area contributed by atoms with Crippen LogP contribution < -0.4 is 5.32 Å². The molecular weight excluding hydrogens is 222 g/mol. The molecule has 1 atom stereocenters. The number of rotatable bonds is 3. The normalized spacial score (nSPS) is 23.9. The maximum Gasteiger partial charge on any atom is 0.144 e. The lowest BCUT2D eigenvalue weighted by molar-refractivity contribution is -0.128. The Bertz CT molecular complexity index is 444. The van der Waals surface area contributed by atoms with Gasteiger partial charge in [0.05, 0.1) is 0 Å². The highest BCUT2D eigenvalue weighted by molar-refractivity contribution is 5.87. The lowest BCUT2D eigenvalue weighted by Crippen LogP contribution is -2.44. The van der Waals surface area contributed by atoms with E-state index in [4.69, 9.17) is 0 Å². The third-order valence-corrected chi connectivity index (χ3v) is 4.13. The highest BCUT2D eigenvalue weighted by atomic mass is 16.1. The highest BCUT2D eigenvalue weighted by Gasteiger charge is 2.34. The molecule has 1 unspecified atom stereocenters. The molecule has 1 aromatic rings. The van der Waals surface area contributed by atoms with E-state index in [0.717, 1.165) is 25.9 Å². The van der Waals surface area contributed by atoms with Gasteiger partial charge >= 0.3 is 0 Å². The molecule has 1 N–H and O–H groups in total. The number of nitrogens with one attached hydrogen (secondary N) is 1. The summed E-state index contributed by atoms with van der Waals surface area (Å²) in [6.07, 6.45) is 2.70. The third-order valence-electron chi connectivity index (χ3n) is 4.13. The zero-order chi connectivity index (χ0) is 13.2. The topological polar surface area (TPSA) is 29.1 Å². The van der Waals surface area contributed by atoms with Crippen molar-refractivity contribution in [2.45, 2.75) is 40.0 Å². The molecule has 0 amide bonds. The molecule has 98 valence electrons. The molecule has 0 saturated carbocycles. The van der Waals surface area contributed by atoms with Crippen molar-refractivity contribution < 1.29 is 4.79 Å². The van der Waals surface area contributed by atoms with E-state index in [9.17, 15) is 4.79 Å². The molecule has 0 radical (unpaired) electrons. The molecule has 0 aromatic heterocycles. The SMILES string of the molecule is Cc1ccc(C)c(CC(=O)C2(C)CCCNC2)c1. The minimum absolute atomic E-state index is 0.172. The van der Waals surface area contributed by atoms with Gasteiger partial charge in [0.15, 0.2) is 0 Å². The molecule has 0 spiro atoms. The first-order valence-electron chi connectivity index (χ1n) is 6.81. The number of aryl methyl sites for hydroxylation is 2. The van der Waals surface area contributed by atoms with Crippen LogP contribution in [0.1, 0.15) is 36.5 Å². The van der Waals surface area contributed by atoms with Crippen LogP contribution in [0, 0.1) is 19.3 Å². The van der Waals surface area contributed by atoms with Crippen LogP contribution >= 0.6 is 0 Å². The lowest BCUT2D eigenvalue weighted by Gasteiger charge is -2.32. The summed E-state index contributed by atoms with van der Waals surface area (Å²) in [5, 5.41) is 3.35. The van der Waals surface area contributed by atoms with Gasteiger partial charge < -0.3 is 5.32 Å². The zero-order valence-corrected chi connectivity index (χ0v) is 11.7. The molecule has 18 heavy (non-hydrogen) atoms. The van der Waals surface area contributed by atoms with Gasteiger partial charge in [-0.05, 0) is 44.4 Å². The molecule has 1 aromatic carbocycles. The number of carbonyl (C=O) groups is 1. The van der Waals surface area contributed by atoms with Crippen molar-refractivity contribution >= 4 is 5.78 Å². The molecule has 1 saturated heterocycles. The molecule has 0 bridgehead atoms. The van der Waals surface area contributed by atoms with Crippen molar-refractivity contribution in [1.82, 2.24) is 5.32 Å². The van der Waals surface area contributed by atoms with E-state index in [1.54, 1.807) is 0 Å². The van der Waals surface area contributed by atoms with E-state index in [2.05, 4.69) is 44.3 Å². The van der Waals surface area contributed by atoms with Gasteiger partial charge in [-0.1, -0.05) is 30.7 Å². The van der Waals surface area contributed by atoms with Crippen LogP contribution in [0.5, 0.6) is 0 Å². The first-order chi connectivity index (χ1) is 8.51. The number of benzene rings is 1. The summed E-state index contributed by atoms with van der Waals surface area (Å²) >= 11 is 0. The predicted molar refractivity (Wildman–Crippen MR) is 74.8 cm³/mol. The summed E-state index contributed by atoms with van der Waals surface area (Å²) < 4.78 is 0. The number of ketones is 1.